The van der Waals surface area contributed by atoms with Crippen LogP contribution in [0.1, 0.15) is 56.8 Å². The van der Waals surface area contributed by atoms with Crippen molar-refractivity contribution in [2.75, 3.05) is 11.5 Å². The molecule has 5 heteroatoms. The zero-order valence-electron chi connectivity index (χ0n) is 20.6. The summed E-state index contributed by atoms with van der Waals surface area (Å²) in [7, 11) is 0. The zero-order valence-corrected chi connectivity index (χ0v) is 20.6. The van der Waals surface area contributed by atoms with Crippen LogP contribution in [-0.2, 0) is 15.0 Å². The molecule has 0 aromatic heterocycles. The first-order valence-corrected chi connectivity index (χ1v) is 11.9. The number of aliphatic hydroxyl groups excluding tert-OH is 1. The summed E-state index contributed by atoms with van der Waals surface area (Å²) in [6.45, 7) is 8.88. The normalized spacial score (nSPS) is 17.6. The van der Waals surface area contributed by atoms with Gasteiger partial charge in [-0.05, 0) is 35.1 Å². The standard InChI is InChI=1S/C30H31NO4/c1-5-19-35-24-14-10-9-13-23(24)31-26(20-15-17-22(18-16-20)30(2,3)4)25(28(33)29(31)34)27(32)21-11-7-6-8-12-21/h6-18,26,32H,5,19H2,1-4H3/b27-25-. The molecule has 0 bridgehead atoms. The van der Waals surface area contributed by atoms with Gasteiger partial charge in [-0.3, -0.25) is 14.5 Å². The molecule has 0 radical (unpaired) electrons. The van der Waals surface area contributed by atoms with Gasteiger partial charge in [-0.25, -0.2) is 0 Å². The summed E-state index contributed by atoms with van der Waals surface area (Å²) in [5.74, 6) is -1.09. The van der Waals surface area contributed by atoms with E-state index in [1.165, 1.54) is 4.90 Å². The molecule has 0 saturated carbocycles. The molecule has 1 amide bonds. The van der Waals surface area contributed by atoms with Gasteiger partial charge in [-0.2, -0.15) is 0 Å². The third-order valence-electron chi connectivity index (χ3n) is 6.17. The monoisotopic (exact) mass is 469 g/mol. The Balaban J connectivity index is 1.92. The Morgan fingerprint density at radius 1 is 0.914 bits per heavy atom. The second-order valence-corrected chi connectivity index (χ2v) is 9.72. The first kappa shape index (κ1) is 24.3. The molecule has 0 spiro atoms. The van der Waals surface area contributed by atoms with Gasteiger partial charge < -0.3 is 9.84 Å². The molecule has 5 nitrogen and oxygen atoms in total. The molecule has 1 aliphatic rings. The van der Waals surface area contributed by atoms with Gasteiger partial charge in [0.05, 0.1) is 23.9 Å². The number of ketones is 1. The number of aliphatic hydroxyl groups is 1. The van der Waals surface area contributed by atoms with E-state index in [1.54, 1.807) is 36.4 Å². The number of carbonyl (C=O) groups excluding carboxylic acids is 2. The van der Waals surface area contributed by atoms with Crippen molar-refractivity contribution in [3.63, 3.8) is 0 Å². The van der Waals surface area contributed by atoms with E-state index in [-0.39, 0.29) is 16.7 Å². The van der Waals surface area contributed by atoms with Crippen LogP contribution >= 0.6 is 0 Å². The van der Waals surface area contributed by atoms with Gasteiger partial charge in [-0.1, -0.05) is 94.4 Å². The number of ether oxygens (including phenoxy) is 1. The third-order valence-corrected chi connectivity index (χ3v) is 6.17. The van der Waals surface area contributed by atoms with E-state index in [9.17, 15) is 14.7 Å². The molecule has 4 rings (SSSR count). The number of rotatable bonds is 6. The minimum absolute atomic E-state index is 0.0506. The van der Waals surface area contributed by atoms with E-state index in [2.05, 4.69) is 20.8 Å². The average molecular weight is 470 g/mol. The maximum Gasteiger partial charge on any atom is 0.300 e. The highest BCUT2D eigenvalue weighted by atomic mass is 16.5. The number of benzene rings is 3. The van der Waals surface area contributed by atoms with E-state index < -0.39 is 17.7 Å². The fraction of sp³-hybridized carbons (Fsp3) is 0.267. The molecule has 3 aromatic rings. The summed E-state index contributed by atoms with van der Waals surface area (Å²) in [4.78, 5) is 28.3. The van der Waals surface area contributed by atoms with Gasteiger partial charge in [0.1, 0.15) is 11.5 Å². The predicted octanol–water partition coefficient (Wildman–Crippen LogP) is 6.40. The molecule has 1 atom stereocenters. The summed E-state index contributed by atoms with van der Waals surface area (Å²) in [6, 6.07) is 23.1. The first-order chi connectivity index (χ1) is 16.7. The number of carbonyl (C=O) groups is 2. The Morgan fingerprint density at radius 2 is 1.54 bits per heavy atom. The summed E-state index contributed by atoms with van der Waals surface area (Å²) < 4.78 is 5.93. The fourth-order valence-corrected chi connectivity index (χ4v) is 4.30. The smallest absolute Gasteiger partial charge is 0.300 e. The van der Waals surface area contributed by atoms with Crippen LogP contribution in [0.2, 0.25) is 0 Å². The highest BCUT2D eigenvalue weighted by Gasteiger charge is 2.47. The summed E-state index contributed by atoms with van der Waals surface area (Å²) >= 11 is 0. The molecule has 1 aliphatic heterocycles. The molecule has 35 heavy (non-hydrogen) atoms. The van der Waals surface area contributed by atoms with Crippen molar-refractivity contribution in [2.24, 2.45) is 0 Å². The second-order valence-electron chi connectivity index (χ2n) is 9.72. The van der Waals surface area contributed by atoms with Crippen molar-refractivity contribution < 1.29 is 19.4 Å². The van der Waals surface area contributed by atoms with Crippen LogP contribution in [-0.4, -0.2) is 23.4 Å². The zero-order chi connectivity index (χ0) is 25.2. The lowest BCUT2D eigenvalue weighted by Crippen LogP contribution is -2.30. The number of para-hydroxylation sites is 2. The van der Waals surface area contributed by atoms with Gasteiger partial charge in [0.2, 0.25) is 0 Å². The van der Waals surface area contributed by atoms with Gasteiger partial charge in [0, 0.05) is 5.56 Å². The van der Waals surface area contributed by atoms with Crippen LogP contribution in [0, 0.1) is 0 Å². The van der Waals surface area contributed by atoms with E-state index in [0.717, 1.165) is 17.5 Å². The predicted molar refractivity (Wildman–Crippen MR) is 139 cm³/mol. The van der Waals surface area contributed by atoms with Crippen LogP contribution < -0.4 is 9.64 Å². The van der Waals surface area contributed by atoms with Gasteiger partial charge >= 0.3 is 0 Å². The lowest BCUT2D eigenvalue weighted by Gasteiger charge is -2.28. The van der Waals surface area contributed by atoms with Crippen molar-refractivity contribution in [1.82, 2.24) is 0 Å². The Bertz CT molecular complexity index is 1250. The van der Waals surface area contributed by atoms with Crippen LogP contribution in [0.15, 0.2) is 84.4 Å². The lowest BCUT2D eigenvalue weighted by atomic mass is 9.85. The number of hydrogen-bond donors (Lipinski definition) is 1. The third kappa shape index (κ3) is 4.72. The Labute approximate surface area is 206 Å². The molecule has 1 N–H and O–H groups in total. The van der Waals surface area contributed by atoms with E-state index >= 15 is 0 Å². The van der Waals surface area contributed by atoms with E-state index in [4.69, 9.17) is 4.74 Å². The molecule has 1 saturated heterocycles. The first-order valence-electron chi connectivity index (χ1n) is 11.9. The quantitative estimate of drug-likeness (QED) is 0.258. The van der Waals surface area contributed by atoms with Crippen molar-refractivity contribution >= 4 is 23.1 Å². The largest absolute Gasteiger partial charge is 0.507 e. The van der Waals surface area contributed by atoms with Crippen LogP contribution in [0.5, 0.6) is 5.75 Å². The number of Topliss-reactive ketones (excluding diaryl/α,β-unsaturated/α-hetero) is 1. The Morgan fingerprint density at radius 3 is 2.17 bits per heavy atom. The van der Waals surface area contributed by atoms with Crippen LogP contribution in [0.3, 0.4) is 0 Å². The van der Waals surface area contributed by atoms with Crippen molar-refractivity contribution in [3.05, 3.63) is 101 Å². The minimum atomic E-state index is -0.796. The van der Waals surface area contributed by atoms with Crippen molar-refractivity contribution in [2.45, 2.75) is 45.6 Å². The molecule has 1 unspecified atom stereocenters. The SMILES string of the molecule is CCCOc1ccccc1N1C(=O)C(=O)/C(=C(\O)c2ccccc2)C1c1ccc(C(C)(C)C)cc1. The molecule has 180 valence electrons. The summed E-state index contributed by atoms with van der Waals surface area (Å²) in [5.41, 5.74) is 2.87. The maximum atomic E-state index is 13.5. The highest BCUT2D eigenvalue weighted by molar-refractivity contribution is 6.51. The topological polar surface area (TPSA) is 66.8 Å². The number of nitrogens with zero attached hydrogens (tertiary/aromatic N) is 1. The van der Waals surface area contributed by atoms with Gasteiger partial charge in [0.25, 0.3) is 11.7 Å². The van der Waals surface area contributed by atoms with Gasteiger partial charge in [-0.15, -0.1) is 0 Å². The highest BCUT2D eigenvalue weighted by Crippen LogP contribution is 2.45. The number of amides is 1. The number of hydrogen-bond acceptors (Lipinski definition) is 4. The lowest BCUT2D eigenvalue weighted by molar-refractivity contribution is -0.132. The Hall–Kier alpha value is -3.86. The summed E-state index contributed by atoms with van der Waals surface area (Å²) in [6.07, 6.45) is 0.804. The van der Waals surface area contributed by atoms with Gasteiger partial charge in [0.15, 0.2) is 0 Å². The van der Waals surface area contributed by atoms with E-state index in [0.29, 0.717) is 23.6 Å². The molecule has 3 aromatic carbocycles. The Kier molecular flexibility index (Phi) is 6.79. The van der Waals surface area contributed by atoms with Crippen molar-refractivity contribution in [1.29, 1.82) is 0 Å². The molecular formula is C30H31NO4. The van der Waals surface area contributed by atoms with Crippen molar-refractivity contribution in [3.8, 4) is 5.75 Å². The fourth-order valence-electron chi connectivity index (χ4n) is 4.30. The molecule has 1 fully saturated rings. The molecular weight excluding hydrogens is 438 g/mol. The van der Waals surface area contributed by atoms with Crippen LogP contribution in [0.4, 0.5) is 5.69 Å². The number of anilines is 1. The summed E-state index contributed by atoms with van der Waals surface area (Å²) in [5, 5.41) is 11.2. The molecule has 0 aliphatic carbocycles. The molecule has 1 heterocycles. The maximum absolute atomic E-state index is 13.5. The van der Waals surface area contributed by atoms with E-state index in [1.807, 2.05) is 49.4 Å². The second kappa shape index (κ2) is 9.79. The average Bonchev–Trinajstić information content (AvgIpc) is 3.12. The minimum Gasteiger partial charge on any atom is -0.507 e. The van der Waals surface area contributed by atoms with Crippen LogP contribution in [0.25, 0.3) is 5.76 Å².